The van der Waals surface area contributed by atoms with Crippen molar-refractivity contribution in [3.63, 3.8) is 0 Å². The van der Waals surface area contributed by atoms with Gasteiger partial charge in [0.25, 0.3) is 0 Å². The second-order valence-corrected chi connectivity index (χ2v) is 6.87. The first-order chi connectivity index (χ1) is 13.3. The van der Waals surface area contributed by atoms with Gasteiger partial charge in [-0.15, -0.1) is 5.10 Å². The Morgan fingerprint density at radius 2 is 1.93 bits per heavy atom. The van der Waals surface area contributed by atoms with E-state index >= 15 is 0 Å². The molecule has 8 heteroatoms. The number of nitrogens with zero attached hydrogens (tertiary/aromatic N) is 2. The summed E-state index contributed by atoms with van der Waals surface area (Å²) in [6.07, 6.45) is -0.206. The van der Waals surface area contributed by atoms with Crippen molar-refractivity contribution in [2.75, 3.05) is 18.9 Å². The average Bonchev–Trinajstić information content (AvgIpc) is 3.20. The topological polar surface area (TPSA) is 89.1 Å². The molecule has 0 radical (unpaired) electrons. The maximum atomic E-state index is 12.1. The lowest BCUT2D eigenvalue weighted by Crippen LogP contribution is -2.41. The van der Waals surface area contributed by atoms with Crippen molar-refractivity contribution in [3.05, 3.63) is 54.6 Å². The van der Waals surface area contributed by atoms with Crippen LogP contribution < -0.4 is 14.8 Å². The third-order valence-corrected chi connectivity index (χ3v) is 4.79. The van der Waals surface area contributed by atoms with Crippen LogP contribution in [0.4, 0.5) is 0 Å². The number of carbonyl (C=O) groups is 1. The van der Waals surface area contributed by atoms with Crippen molar-refractivity contribution < 1.29 is 14.3 Å². The van der Waals surface area contributed by atoms with Crippen molar-refractivity contribution in [1.82, 2.24) is 20.5 Å². The molecule has 1 aromatic heterocycles. The largest absolute Gasteiger partial charge is 0.486 e. The van der Waals surface area contributed by atoms with Gasteiger partial charge in [0.1, 0.15) is 12.7 Å². The van der Waals surface area contributed by atoms with E-state index in [-0.39, 0.29) is 17.8 Å². The van der Waals surface area contributed by atoms with E-state index in [1.165, 1.54) is 11.8 Å². The van der Waals surface area contributed by atoms with Gasteiger partial charge in [-0.2, -0.15) is 0 Å². The van der Waals surface area contributed by atoms with Crippen LogP contribution in [0, 0.1) is 0 Å². The monoisotopic (exact) mass is 382 g/mol. The number of aromatic nitrogens is 3. The van der Waals surface area contributed by atoms with E-state index < -0.39 is 0 Å². The van der Waals surface area contributed by atoms with Gasteiger partial charge in [-0.05, 0) is 12.1 Å². The molecule has 27 heavy (non-hydrogen) atoms. The molecule has 4 rings (SSSR count). The predicted octanol–water partition coefficient (Wildman–Crippen LogP) is 2.52. The fourth-order valence-electron chi connectivity index (χ4n) is 2.61. The molecule has 1 atom stereocenters. The molecule has 7 nitrogen and oxygen atoms in total. The van der Waals surface area contributed by atoms with E-state index in [1.54, 1.807) is 0 Å². The number of nitrogens with one attached hydrogen (secondary N) is 2. The minimum absolute atomic E-state index is 0.103. The molecule has 0 spiro atoms. The molecule has 1 aliphatic rings. The minimum atomic E-state index is -0.206. The lowest BCUT2D eigenvalue weighted by Gasteiger charge is -2.26. The Bertz CT molecular complexity index is 916. The Kier molecular flexibility index (Phi) is 5.24. The van der Waals surface area contributed by atoms with Gasteiger partial charge < -0.3 is 14.8 Å². The number of carbonyl (C=O) groups excluding carboxylic acids is 1. The van der Waals surface area contributed by atoms with Crippen LogP contribution in [0.5, 0.6) is 11.5 Å². The molecule has 0 aliphatic carbocycles. The smallest absolute Gasteiger partial charge is 0.230 e. The maximum absolute atomic E-state index is 12.1. The standard InChI is InChI=1S/C19H18N4O3S/c24-17(20-10-14-11-25-15-8-4-5-9-16(15)26-14)12-27-19-21-18(22-23-19)13-6-2-1-3-7-13/h1-9,14H,10-12H2,(H,20,24)(H,21,22,23). The molecule has 0 fully saturated rings. The zero-order chi connectivity index (χ0) is 18.5. The number of ether oxygens (including phenoxy) is 2. The average molecular weight is 382 g/mol. The number of rotatable bonds is 6. The first-order valence-corrected chi connectivity index (χ1v) is 9.52. The number of benzene rings is 2. The SMILES string of the molecule is O=C(CSc1n[nH]c(-c2ccccc2)n1)NCC1COc2ccccc2O1. The third kappa shape index (κ3) is 4.40. The molecule has 0 saturated heterocycles. The minimum Gasteiger partial charge on any atom is -0.486 e. The Hall–Kier alpha value is -3.00. The summed E-state index contributed by atoms with van der Waals surface area (Å²) in [7, 11) is 0. The summed E-state index contributed by atoms with van der Waals surface area (Å²) in [4.78, 5) is 16.5. The second-order valence-electron chi connectivity index (χ2n) is 5.92. The highest BCUT2D eigenvalue weighted by molar-refractivity contribution is 7.99. The number of thioether (sulfide) groups is 1. The van der Waals surface area contributed by atoms with Gasteiger partial charge in [0.2, 0.25) is 11.1 Å². The second kappa shape index (κ2) is 8.13. The van der Waals surface area contributed by atoms with E-state index in [0.29, 0.717) is 29.9 Å². The summed E-state index contributed by atoms with van der Waals surface area (Å²) >= 11 is 1.28. The van der Waals surface area contributed by atoms with E-state index in [2.05, 4.69) is 20.5 Å². The predicted molar refractivity (Wildman–Crippen MR) is 102 cm³/mol. The summed E-state index contributed by atoms with van der Waals surface area (Å²) in [5.41, 5.74) is 0.955. The van der Waals surface area contributed by atoms with Gasteiger partial charge >= 0.3 is 0 Å². The fraction of sp³-hybridized carbons (Fsp3) is 0.211. The van der Waals surface area contributed by atoms with Crippen LogP contribution in [-0.4, -0.2) is 46.1 Å². The van der Waals surface area contributed by atoms with E-state index in [0.717, 1.165) is 11.3 Å². The van der Waals surface area contributed by atoms with Gasteiger partial charge in [-0.1, -0.05) is 54.2 Å². The van der Waals surface area contributed by atoms with E-state index in [9.17, 15) is 4.79 Å². The van der Waals surface area contributed by atoms with Crippen LogP contribution in [0.25, 0.3) is 11.4 Å². The van der Waals surface area contributed by atoms with Crippen molar-refractivity contribution in [1.29, 1.82) is 0 Å². The molecule has 138 valence electrons. The molecular weight excluding hydrogens is 364 g/mol. The molecule has 2 N–H and O–H groups in total. The highest BCUT2D eigenvalue weighted by atomic mass is 32.2. The highest BCUT2D eigenvalue weighted by Gasteiger charge is 2.21. The highest BCUT2D eigenvalue weighted by Crippen LogP contribution is 2.30. The molecule has 3 aromatic rings. The molecule has 1 aliphatic heterocycles. The Labute approximate surface area is 160 Å². The Balaban J connectivity index is 1.23. The van der Waals surface area contributed by atoms with Crippen molar-refractivity contribution in [2.24, 2.45) is 0 Å². The summed E-state index contributed by atoms with van der Waals surface area (Å²) in [6, 6.07) is 17.2. The van der Waals surface area contributed by atoms with E-state index in [4.69, 9.17) is 9.47 Å². The lowest BCUT2D eigenvalue weighted by atomic mass is 10.2. The first-order valence-electron chi connectivity index (χ1n) is 8.54. The van der Waals surface area contributed by atoms with Crippen LogP contribution in [0.15, 0.2) is 59.8 Å². The van der Waals surface area contributed by atoms with Gasteiger partial charge in [0.15, 0.2) is 17.3 Å². The molecule has 0 bridgehead atoms. The molecule has 0 saturated carbocycles. The van der Waals surface area contributed by atoms with Crippen molar-refractivity contribution in [2.45, 2.75) is 11.3 Å². The summed E-state index contributed by atoms with van der Waals surface area (Å²) in [5.74, 6) is 2.25. The van der Waals surface area contributed by atoms with Crippen molar-refractivity contribution >= 4 is 17.7 Å². The zero-order valence-corrected chi connectivity index (χ0v) is 15.2. The van der Waals surface area contributed by atoms with E-state index in [1.807, 2.05) is 54.6 Å². The number of hydrogen-bond acceptors (Lipinski definition) is 6. The van der Waals surface area contributed by atoms with Crippen LogP contribution >= 0.6 is 11.8 Å². The number of H-pyrrole nitrogens is 1. The maximum Gasteiger partial charge on any atom is 0.230 e. The van der Waals surface area contributed by atoms with Gasteiger partial charge in [0, 0.05) is 5.56 Å². The molecule has 1 unspecified atom stereocenters. The molecular formula is C19H18N4O3S. The van der Waals surface area contributed by atoms with Crippen LogP contribution in [-0.2, 0) is 4.79 Å². The zero-order valence-electron chi connectivity index (χ0n) is 14.4. The van der Waals surface area contributed by atoms with Crippen molar-refractivity contribution in [3.8, 4) is 22.9 Å². The number of hydrogen-bond donors (Lipinski definition) is 2. The molecule has 2 aromatic carbocycles. The number of aromatic amines is 1. The lowest BCUT2D eigenvalue weighted by molar-refractivity contribution is -0.119. The number of fused-ring (bicyclic) bond motifs is 1. The summed E-state index contributed by atoms with van der Waals surface area (Å²) < 4.78 is 11.5. The Morgan fingerprint density at radius 1 is 1.15 bits per heavy atom. The van der Waals surface area contributed by atoms with Crippen LogP contribution in [0.1, 0.15) is 0 Å². The van der Waals surface area contributed by atoms with Gasteiger partial charge in [-0.3, -0.25) is 9.89 Å². The van der Waals surface area contributed by atoms with Gasteiger partial charge in [0.05, 0.1) is 12.3 Å². The summed E-state index contributed by atoms with van der Waals surface area (Å²) in [6.45, 7) is 0.794. The van der Waals surface area contributed by atoms with Crippen LogP contribution in [0.2, 0.25) is 0 Å². The van der Waals surface area contributed by atoms with Gasteiger partial charge in [-0.25, -0.2) is 4.98 Å². The summed E-state index contributed by atoms with van der Waals surface area (Å²) in [5, 5.41) is 10.4. The quantitative estimate of drug-likeness (QED) is 0.637. The fourth-order valence-corrected chi connectivity index (χ4v) is 3.24. The molecule has 1 amide bonds. The van der Waals surface area contributed by atoms with Crippen LogP contribution in [0.3, 0.4) is 0 Å². The number of amides is 1. The number of para-hydroxylation sites is 2. The normalized spacial score (nSPS) is 15.3. The third-order valence-electron chi connectivity index (χ3n) is 3.94. The Morgan fingerprint density at radius 3 is 2.78 bits per heavy atom. The first kappa shape index (κ1) is 17.4. The molecule has 2 heterocycles.